The molecule has 0 bridgehead atoms. The maximum atomic E-state index is 13.8. The van der Waals surface area contributed by atoms with Crippen LogP contribution < -0.4 is 25.0 Å². The zero-order chi connectivity index (χ0) is 28.2. The van der Waals surface area contributed by atoms with Crippen LogP contribution in [0, 0.1) is 0 Å². The van der Waals surface area contributed by atoms with Crippen LogP contribution in [-0.4, -0.2) is 53.0 Å². The lowest BCUT2D eigenvalue weighted by Crippen LogP contribution is -2.31. The van der Waals surface area contributed by atoms with E-state index in [4.69, 9.17) is 19.6 Å². The van der Waals surface area contributed by atoms with Crippen molar-refractivity contribution < 1.29 is 14.3 Å². The van der Waals surface area contributed by atoms with Crippen molar-refractivity contribution in [1.29, 1.82) is 0 Å². The van der Waals surface area contributed by atoms with Crippen LogP contribution in [0.25, 0.3) is 11.4 Å². The van der Waals surface area contributed by atoms with E-state index >= 15 is 0 Å². The number of carbonyl (C=O) groups is 1. The first kappa shape index (κ1) is 26.7. The fraction of sp³-hybridized carbons (Fsp3) is 0.267. The third-order valence-corrected chi connectivity index (χ3v) is 7.00. The minimum Gasteiger partial charge on any atom is -0.493 e. The number of nitrogens with zero attached hydrogens (tertiary/aromatic N) is 5. The summed E-state index contributed by atoms with van der Waals surface area (Å²) in [4.78, 5) is 25.0. The van der Waals surface area contributed by atoms with Gasteiger partial charge < -0.3 is 25.0 Å². The average molecular weight is 540 g/mol. The number of ether oxygens (including phenoxy) is 2. The molecule has 10 heteroatoms. The van der Waals surface area contributed by atoms with Gasteiger partial charge in [0.1, 0.15) is 6.04 Å². The lowest BCUT2D eigenvalue weighted by Gasteiger charge is -2.29. The van der Waals surface area contributed by atoms with Crippen LogP contribution in [0.2, 0.25) is 0 Å². The molecule has 2 aromatic heterocycles. The summed E-state index contributed by atoms with van der Waals surface area (Å²) >= 11 is 0. The Morgan fingerprint density at radius 2 is 1.82 bits per heavy atom. The fourth-order valence-corrected chi connectivity index (χ4v) is 5.03. The van der Waals surface area contributed by atoms with Gasteiger partial charge in [-0.15, -0.1) is 5.10 Å². The Morgan fingerprint density at radius 3 is 2.48 bits per heavy atom. The van der Waals surface area contributed by atoms with Gasteiger partial charge in [-0.3, -0.25) is 9.78 Å². The number of para-hydroxylation sites is 1. The summed E-state index contributed by atoms with van der Waals surface area (Å²) in [6.45, 7) is 7.98. The Bertz CT molecular complexity index is 1530. The van der Waals surface area contributed by atoms with Crippen molar-refractivity contribution in [1.82, 2.24) is 19.7 Å². The molecule has 1 unspecified atom stereocenters. The van der Waals surface area contributed by atoms with Crippen LogP contribution in [0.5, 0.6) is 11.5 Å². The maximum Gasteiger partial charge on any atom is 0.255 e. The number of anilines is 3. The molecule has 0 aliphatic carbocycles. The molecule has 1 aliphatic heterocycles. The number of benzene rings is 2. The van der Waals surface area contributed by atoms with Gasteiger partial charge in [0.25, 0.3) is 5.91 Å². The monoisotopic (exact) mass is 539 g/mol. The summed E-state index contributed by atoms with van der Waals surface area (Å²) in [6, 6.07) is 16.7. The predicted octanol–water partition coefficient (Wildman–Crippen LogP) is 5.13. The zero-order valence-corrected chi connectivity index (χ0v) is 23.3. The zero-order valence-electron chi connectivity index (χ0n) is 23.3. The van der Waals surface area contributed by atoms with Gasteiger partial charge in [-0.2, -0.15) is 4.98 Å². The van der Waals surface area contributed by atoms with E-state index in [-0.39, 0.29) is 5.91 Å². The van der Waals surface area contributed by atoms with E-state index in [2.05, 4.69) is 46.5 Å². The van der Waals surface area contributed by atoms with E-state index in [0.717, 1.165) is 24.3 Å². The van der Waals surface area contributed by atoms with Crippen LogP contribution in [0.15, 0.2) is 78.3 Å². The molecular weight excluding hydrogens is 506 g/mol. The largest absolute Gasteiger partial charge is 0.493 e. The molecule has 4 aromatic rings. The number of fused-ring (bicyclic) bond motifs is 1. The number of methoxy groups -OCH3 is 2. The van der Waals surface area contributed by atoms with Gasteiger partial charge in [-0.1, -0.05) is 12.1 Å². The highest BCUT2D eigenvalue weighted by molar-refractivity contribution is 6.06. The maximum absolute atomic E-state index is 13.8. The van der Waals surface area contributed by atoms with Crippen LogP contribution in [-0.2, 0) is 4.79 Å². The second kappa shape index (κ2) is 11.5. The number of aromatic nitrogens is 4. The summed E-state index contributed by atoms with van der Waals surface area (Å²) in [7, 11) is 3.17. The molecule has 0 saturated carbocycles. The number of carbonyl (C=O) groups excluding carboxylic acids is 1. The smallest absolute Gasteiger partial charge is 0.255 e. The van der Waals surface area contributed by atoms with E-state index in [1.807, 2.05) is 37.3 Å². The molecule has 40 heavy (non-hydrogen) atoms. The van der Waals surface area contributed by atoms with Crippen molar-refractivity contribution >= 4 is 23.2 Å². The molecule has 0 radical (unpaired) electrons. The molecule has 1 aliphatic rings. The molecule has 3 heterocycles. The third kappa shape index (κ3) is 4.95. The minimum atomic E-state index is -0.644. The molecule has 0 spiro atoms. The Morgan fingerprint density at radius 1 is 1.05 bits per heavy atom. The second-order valence-electron chi connectivity index (χ2n) is 9.27. The highest BCUT2D eigenvalue weighted by atomic mass is 16.5. The van der Waals surface area contributed by atoms with Gasteiger partial charge in [0, 0.05) is 41.8 Å². The predicted molar refractivity (Wildman–Crippen MR) is 156 cm³/mol. The number of allylic oxidation sites excluding steroid dienone is 1. The summed E-state index contributed by atoms with van der Waals surface area (Å²) in [5, 5.41) is 11.2. The van der Waals surface area contributed by atoms with Gasteiger partial charge in [-0.25, -0.2) is 4.68 Å². The standard InChI is InChI=1S/C30H33N7O3/c1-6-36(7-2)22-15-13-20(14-16-22)28-34-30-32-19(3)25(29(38)33-21-10-9-17-31-18-21)26(37(30)35-28)23-11-8-12-24(39-4)27(23)40-5/h8-18,26H,6-7H2,1-5H3,(H,33,38)(H,32,34,35). The first-order chi connectivity index (χ1) is 19.5. The Kier molecular flexibility index (Phi) is 7.68. The number of rotatable bonds is 9. The van der Waals surface area contributed by atoms with Crippen molar-refractivity contribution in [2.45, 2.75) is 26.8 Å². The summed E-state index contributed by atoms with van der Waals surface area (Å²) < 4.78 is 13.1. The highest BCUT2D eigenvalue weighted by Gasteiger charge is 2.37. The average Bonchev–Trinajstić information content (AvgIpc) is 3.41. The van der Waals surface area contributed by atoms with Crippen LogP contribution >= 0.6 is 0 Å². The lowest BCUT2D eigenvalue weighted by atomic mass is 9.94. The first-order valence-corrected chi connectivity index (χ1v) is 13.2. The number of amides is 1. The van der Waals surface area contributed by atoms with Crippen LogP contribution in [0.4, 0.5) is 17.3 Å². The van der Waals surface area contributed by atoms with E-state index < -0.39 is 6.04 Å². The Labute approximate surface area is 233 Å². The van der Waals surface area contributed by atoms with Crippen molar-refractivity contribution in [3.05, 3.63) is 83.8 Å². The third-order valence-electron chi connectivity index (χ3n) is 7.00. The van der Waals surface area contributed by atoms with Gasteiger partial charge >= 0.3 is 0 Å². The Hall–Kier alpha value is -4.86. The molecule has 1 amide bonds. The second-order valence-corrected chi connectivity index (χ2v) is 9.27. The van der Waals surface area contributed by atoms with E-state index in [1.54, 1.807) is 43.4 Å². The number of hydrogen-bond donors (Lipinski definition) is 2. The summed E-state index contributed by atoms with van der Waals surface area (Å²) in [5.41, 5.74) is 4.43. The summed E-state index contributed by atoms with van der Waals surface area (Å²) in [5.74, 6) is 1.84. The van der Waals surface area contributed by atoms with Crippen molar-refractivity contribution in [2.24, 2.45) is 0 Å². The molecule has 2 aromatic carbocycles. The van der Waals surface area contributed by atoms with Crippen LogP contribution in [0.3, 0.4) is 0 Å². The van der Waals surface area contributed by atoms with Crippen molar-refractivity contribution in [3.63, 3.8) is 0 Å². The van der Waals surface area contributed by atoms with Crippen molar-refractivity contribution in [2.75, 3.05) is 42.8 Å². The van der Waals surface area contributed by atoms with Crippen LogP contribution in [0.1, 0.15) is 32.4 Å². The van der Waals surface area contributed by atoms with Gasteiger partial charge in [0.2, 0.25) is 5.95 Å². The minimum absolute atomic E-state index is 0.292. The molecule has 1 atom stereocenters. The van der Waals surface area contributed by atoms with Gasteiger partial charge in [0.05, 0.1) is 31.7 Å². The fourth-order valence-electron chi connectivity index (χ4n) is 5.03. The molecule has 206 valence electrons. The van der Waals surface area contributed by atoms with Crippen molar-refractivity contribution in [3.8, 4) is 22.9 Å². The van der Waals surface area contributed by atoms with E-state index in [1.165, 1.54) is 0 Å². The molecule has 10 nitrogen and oxygen atoms in total. The highest BCUT2D eigenvalue weighted by Crippen LogP contribution is 2.43. The van der Waals surface area contributed by atoms with E-state index in [9.17, 15) is 4.79 Å². The quantitative estimate of drug-likeness (QED) is 0.302. The Balaban J connectivity index is 1.61. The van der Waals surface area contributed by atoms with Gasteiger partial charge in [0.15, 0.2) is 17.3 Å². The number of nitrogens with one attached hydrogen (secondary N) is 2. The molecule has 2 N–H and O–H groups in total. The normalized spacial score (nSPS) is 14.3. The first-order valence-electron chi connectivity index (χ1n) is 13.2. The van der Waals surface area contributed by atoms with E-state index in [0.29, 0.717) is 45.8 Å². The number of pyridine rings is 1. The SMILES string of the molecule is CCN(CC)c1ccc(-c2nc3n(n2)C(c2cccc(OC)c2OC)C(C(=O)Nc2cccnc2)=C(C)N3)cc1. The molecular formula is C30H33N7O3. The topological polar surface area (TPSA) is 106 Å². The molecule has 5 rings (SSSR count). The lowest BCUT2D eigenvalue weighted by molar-refractivity contribution is -0.113. The van der Waals surface area contributed by atoms with Gasteiger partial charge in [-0.05, 0) is 63.2 Å². The molecule has 0 fully saturated rings. The summed E-state index contributed by atoms with van der Waals surface area (Å²) in [6.07, 6.45) is 3.26. The molecule has 0 saturated heterocycles. The number of hydrogen-bond acceptors (Lipinski definition) is 8.